The molecule has 2 unspecified atom stereocenters. The zero-order chi connectivity index (χ0) is 9.00. The van der Waals surface area contributed by atoms with E-state index < -0.39 is 0 Å². The van der Waals surface area contributed by atoms with E-state index in [4.69, 9.17) is 5.73 Å². The minimum absolute atomic E-state index is 0.246. The van der Waals surface area contributed by atoms with Crippen molar-refractivity contribution in [3.8, 4) is 0 Å². The first-order valence-corrected chi connectivity index (χ1v) is 4.51. The molecule has 0 bridgehead atoms. The van der Waals surface area contributed by atoms with Gasteiger partial charge < -0.3 is 11.2 Å². The number of hydrogen-bond acceptors (Lipinski definition) is 3. The van der Waals surface area contributed by atoms with Crippen LogP contribution in [-0.4, -0.2) is 12.5 Å². The molecule has 3 aliphatic rings. The van der Waals surface area contributed by atoms with E-state index >= 15 is 0 Å². The molecule has 0 radical (unpaired) electrons. The smallest absolute Gasteiger partial charge is 0.245 e. The van der Waals surface area contributed by atoms with Crippen LogP contribution in [0.5, 0.6) is 0 Å². The van der Waals surface area contributed by atoms with Gasteiger partial charge in [0.2, 0.25) is 5.91 Å². The van der Waals surface area contributed by atoms with Crippen LogP contribution in [0, 0.1) is 11.8 Å². The molecule has 1 heterocycles. The Balaban J connectivity index is 1.93. The number of amides is 1. The second kappa shape index (κ2) is 2.14. The zero-order valence-electron chi connectivity index (χ0n) is 7.13. The Hall–Kier alpha value is -1.29. The minimum Gasteiger partial charge on any atom is -0.366 e. The van der Waals surface area contributed by atoms with Gasteiger partial charge in [0.25, 0.3) is 0 Å². The van der Waals surface area contributed by atoms with Crippen molar-refractivity contribution < 1.29 is 4.79 Å². The molecule has 0 aromatic rings. The fourth-order valence-corrected chi connectivity index (χ4v) is 2.33. The molecule has 2 atom stereocenters. The Morgan fingerprint density at radius 2 is 2.46 bits per heavy atom. The third-order valence-electron chi connectivity index (χ3n) is 3.07. The van der Waals surface area contributed by atoms with Gasteiger partial charge >= 0.3 is 0 Å². The highest BCUT2D eigenvalue weighted by molar-refractivity contribution is 6.00. The van der Waals surface area contributed by atoms with E-state index in [-0.39, 0.29) is 5.91 Å². The monoisotopic (exact) mass is 177 g/mol. The molecule has 1 amide bonds. The highest BCUT2D eigenvalue weighted by Gasteiger charge is 2.45. The van der Waals surface area contributed by atoms with Crippen molar-refractivity contribution in [2.75, 3.05) is 6.54 Å². The number of hydrazine groups is 1. The summed E-state index contributed by atoms with van der Waals surface area (Å²) in [5, 5.41) is 0. The molecule has 1 aliphatic heterocycles. The SMILES string of the molecule is NC(=O)C1=C2C=C3NNCC3CC21. The fraction of sp³-hybridized carbons (Fsp3) is 0.444. The van der Waals surface area contributed by atoms with Crippen molar-refractivity contribution >= 4 is 5.91 Å². The maximum atomic E-state index is 10.9. The quantitative estimate of drug-likeness (QED) is 0.501. The Kier molecular flexibility index (Phi) is 1.18. The average molecular weight is 177 g/mol. The zero-order valence-corrected chi connectivity index (χ0v) is 7.13. The van der Waals surface area contributed by atoms with Gasteiger partial charge in [-0.2, -0.15) is 0 Å². The maximum absolute atomic E-state index is 10.9. The molecule has 1 fully saturated rings. The van der Waals surface area contributed by atoms with Gasteiger partial charge in [-0.25, -0.2) is 5.43 Å². The van der Waals surface area contributed by atoms with Crippen LogP contribution in [0.3, 0.4) is 0 Å². The lowest BCUT2D eigenvalue weighted by atomic mass is 9.92. The summed E-state index contributed by atoms with van der Waals surface area (Å²) in [4.78, 5) is 10.9. The van der Waals surface area contributed by atoms with Crippen molar-refractivity contribution in [1.29, 1.82) is 0 Å². The molecule has 4 heteroatoms. The standard InChI is InChI=1S/C9H11N3O/c10-9(13)8-5-1-4-3-11-12-7(4)2-6(5)8/h2,4-5,11-12H,1,3H2,(H2,10,13). The summed E-state index contributed by atoms with van der Waals surface area (Å²) in [6, 6.07) is 0. The van der Waals surface area contributed by atoms with E-state index in [1.807, 2.05) is 0 Å². The summed E-state index contributed by atoms with van der Waals surface area (Å²) in [7, 11) is 0. The van der Waals surface area contributed by atoms with Crippen LogP contribution >= 0.6 is 0 Å². The van der Waals surface area contributed by atoms with Gasteiger partial charge in [0.15, 0.2) is 0 Å². The van der Waals surface area contributed by atoms with E-state index in [2.05, 4.69) is 16.9 Å². The Bertz CT molecular complexity index is 356. The summed E-state index contributed by atoms with van der Waals surface area (Å²) in [6.07, 6.45) is 3.11. The predicted octanol–water partition coefficient (Wildman–Crippen LogP) is -0.590. The van der Waals surface area contributed by atoms with Crippen molar-refractivity contribution in [2.24, 2.45) is 17.6 Å². The molecule has 68 valence electrons. The van der Waals surface area contributed by atoms with Gasteiger partial charge in [-0.15, -0.1) is 0 Å². The molecular weight excluding hydrogens is 166 g/mol. The number of fused-ring (bicyclic) bond motifs is 2. The number of carbonyl (C=O) groups is 1. The van der Waals surface area contributed by atoms with E-state index in [0.717, 1.165) is 24.1 Å². The first-order chi connectivity index (χ1) is 6.27. The third-order valence-corrected chi connectivity index (χ3v) is 3.07. The maximum Gasteiger partial charge on any atom is 0.245 e. The highest BCUT2D eigenvalue weighted by atomic mass is 16.1. The molecule has 3 rings (SSSR count). The topological polar surface area (TPSA) is 67.2 Å². The number of allylic oxidation sites excluding steroid dienone is 2. The number of nitrogens with one attached hydrogen (secondary N) is 2. The van der Waals surface area contributed by atoms with E-state index in [1.54, 1.807) is 0 Å². The number of hydrogen-bond donors (Lipinski definition) is 3. The molecule has 0 aromatic carbocycles. The van der Waals surface area contributed by atoms with Crippen molar-refractivity contribution in [2.45, 2.75) is 6.42 Å². The van der Waals surface area contributed by atoms with Crippen LogP contribution < -0.4 is 16.6 Å². The molecule has 0 spiro atoms. The summed E-state index contributed by atoms with van der Waals surface area (Å²) in [5.41, 5.74) is 14.6. The summed E-state index contributed by atoms with van der Waals surface area (Å²) >= 11 is 0. The van der Waals surface area contributed by atoms with Gasteiger partial charge in [-0.1, -0.05) is 0 Å². The third kappa shape index (κ3) is 0.862. The van der Waals surface area contributed by atoms with Gasteiger partial charge in [-0.05, 0) is 18.1 Å². The van der Waals surface area contributed by atoms with Crippen LogP contribution in [0.15, 0.2) is 22.9 Å². The van der Waals surface area contributed by atoms with Crippen LogP contribution in [0.2, 0.25) is 0 Å². The fourth-order valence-electron chi connectivity index (χ4n) is 2.33. The molecule has 13 heavy (non-hydrogen) atoms. The number of nitrogens with two attached hydrogens (primary N) is 1. The second-order valence-electron chi connectivity index (χ2n) is 3.82. The van der Waals surface area contributed by atoms with Crippen molar-refractivity contribution in [1.82, 2.24) is 10.9 Å². The summed E-state index contributed by atoms with van der Waals surface area (Å²) in [5.74, 6) is 0.670. The van der Waals surface area contributed by atoms with Gasteiger partial charge in [0.1, 0.15) is 0 Å². The van der Waals surface area contributed by atoms with Crippen LogP contribution in [-0.2, 0) is 4.79 Å². The minimum atomic E-state index is -0.246. The number of rotatable bonds is 1. The normalized spacial score (nSPS) is 34.6. The first kappa shape index (κ1) is 7.15. The first-order valence-electron chi connectivity index (χ1n) is 4.51. The Labute approximate surface area is 75.8 Å². The molecular formula is C9H11N3O. The Morgan fingerprint density at radius 3 is 3.23 bits per heavy atom. The molecule has 1 saturated heterocycles. The van der Waals surface area contributed by atoms with Gasteiger partial charge in [0, 0.05) is 29.7 Å². The summed E-state index contributed by atoms with van der Waals surface area (Å²) in [6.45, 7) is 0.960. The highest BCUT2D eigenvalue weighted by Crippen LogP contribution is 2.49. The van der Waals surface area contributed by atoms with E-state index in [9.17, 15) is 4.79 Å². The summed E-state index contributed by atoms with van der Waals surface area (Å²) < 4.78 is 0. The van der Waals surface area contributed by atoms with Crippen molar-refractivity contribution in [3.63, 3.8) is 0 Å². The predicted molar refractivity (Wildman–Crippen MR) is 47.0 cm³/mol. The molecule has 0 saturated carbocycles. The van der Waals surface area contributed by atoms with Crippen molar-refractivity contribution in [3.05, 3.63) is 22.9 Å². The van der Waals surface area contributed by atoms with Crippen LogP contribution in [0.4, 0.5) is 0 Å². The van der Waals surface area contributed by atoms with Crippen LogP contribution in [0.1, 0.15) is 6.42 Å². The lowest BCUT2D eigenvalue weighted by molar-refractivity contribution is -0.114. The second-order valence-corrected chi connectivity index (χ2v) is 3.82. The van der Waals surface area contributed by atoms with E-state index in [0.29, 0.717) is 11.8 Å². The molecule has 0 aromatic heterocycles. The molecule has 2 aliphatic carbocycles. The number of carbonyl (C=O) groups excluding carboxylic acids is 1. The van der Waals surface area contributed by atoms with Gasteiger partial charge in [-0.3, -0.25) is 4.79 Å². The average Bonchev–Trinajstić information content (AvgIpc) is 2.58. The van der Waals surface area contributed by atoms with Crippen LogP contribution in [0.25, 0.3) is 0 Å². The lowest BCUT2D eigenvalue weighted by Crippen LogP contribution is -2.20. The largest absolute Gasteiger partial charge is 0.366 e. The number of primary amides is 1. The molecule has 4 N–H and O–H groups in total. The molecule has 4 nitrogen and oxygen atoms in total. The van der Waals surface area contributed by atoms with Gasteiger partial charge in [0.05, 0.1) is 0 Å². The Morgan fingerprint density at radius 1 is 1.62 bits per heavy atom. The van der Waals surface area contributed by atoms with E-state index in [1.165, 1.54) is 5.70 Å². The lowest BCUT2D eigenvalue weighted by Gasteiger charge is -2.13.